The van der Waals surface area contributed by atoms with Gasteiger partial charge in [-0.05, 0) is 36.4 Å². The van der Waals surface area contributed by atoms with Crippen molar-refractivity contribution in [3.63, 3.8) is 0 Å². The van der Waals surface area contributed by atoms with E-state index in [4.69, 9.17) is 0 Å². The first-order valence-corrected chi connectivity index (χ1v) is 5.75. The van der Waals surface area contributed by atoms with Gasteiger partial charge in [0.2, 0.25) is 0 Å². The van der Waals surface area contributed by atoms with Crippen LogP contribution in [0.15, 0.2) is 59.6 Å². The van der Waals surface area contributed by atoms with E-state index in [1.807, 2.05) is 54.6 Å². The van der Waals surface area contributed by atoms with Gasteiger partial charge in [0.15, 0.2) is 0 Å². The molecular weight excluding hydrogens is 228 g/mol. The molecule has 0 heterocycles. The predicted octanol–water partition coefficient (Wildman–Crippen LogP) is 4.13. The third-order valence-electron chi connectivity index (χ3n) is 2.21. The molecule has 17 heavy (non-hydrogen) atoms. The van der Waals surface area contributed by atoms with Gasteiger partial charge in [-0.3, -0.25) is 4.99 Å². The Labute approximate surface area is 106 Å². The molecule has 0 aliphatic heterocycles. The lowest BCUT2D eigenvalue weighted by molar-refractivity contribution is 1.51. The van der Waals surface area contributed by atoms with E-state index in [-0.39, 0.29) is 0 Å². The zero-order chi connectivity index (χ0) is 11.9. The summed E-state index contributed by atoms with van der Waals surface area (Å²) in [5.74, 6) is 0. The number of rotatable bonds is 4. The minimum Gasteiger partial charge on any atom is -0.356 e. The summed E-state index contributed by atoms with van der Waals surface area (Å²) < 4.78 is 0. The Kier molecular flexibility index (Phi) is 4.00. The number of para-hydroxylation sites is 1. The zero-order valence-corrected chi connectivity index (χ0v) is 10.0. The third kappa shape index (κ3) is 3.50. The Balaban J connectivity index is 2.08. The van der Waals surface area contributed by atoms with Crippen molar-refractivity contribution in [1.29, 1.82) is 0 Å². The number of hydrogen-bond donors (Lipinski definition) is 1. The number of nitrogens with one attached hydrogen (secondary N) is 1. The molecule has 0 amide bonds. The van der Waals surface area contributed by atoms with Gasteiger partial charge < -0.3 is 5.32 Å². The molecule has 0 aromatic heterocycles. The normalized spacial score (nSPS) is 10.4. The number of hydrogen-bond acceptors (Lipinski definition) is 3. The van der Waals surface area contributed by atoms with Crippen LogP contribution < -0.4 is 5.32 Å². The second-order valence-electron chi connectivity index (χ2n) is 3.45. The van der Waals surface area contributed by atoms with E-state index in [0.717, 1.165) is 17.1 Å². The predicted molar refractivity (Wildman–Crippen MR) is 78.0 cm³/mol. The summed E-state index contributed by atoms with van der Waals surface area (Å²) >= 11 is 4.68. The van der Waals surface area contributed by atoms with Crippen molar-refractivity contribution in [3.05, 3.63) is 54.6 Å². The first-order valence-electron chi connectivity index (χ1n) is 5.28. The SMILES string of the molecule is S=CC=Nc1ccc(Nc2ccccc2)cc1. The first-order chi connectivity index (χ1) is 8.38. The largest absolute Gasteiger partial charge is 0.356 e. The Bertz CT molecular complexity index is 504. The number of aliphatic imine (C=N–C) groups is 1. The lowest BCUT2D eigenvalue weighted by atomic mass is 10.2. The Morgan fingerprint density at radius 3 is 2.18 bits per heavy atom. The van der Waals surface area contributed by atoms with Gasteiger partial charge in [-0.1, -0.05) is 30.4 Å². The summed E-state index contributed by atoms with van der Waals surface area (Å²) in [5.41, 5.74) is 3.00. The summed E-state index contributed by atoms with van der Waals surface area (Å²) in [4.78, 5) is 4.16. The fourth-order valence-corrected chi connectivity index (χ4v) is 1.50. The van der Waals surface area contributed by atoms with Crippen LogP contribution in [0.5, 0.6) is 0 Å². The van der Waals surface area contributed by atoms with Gasteiger partial charge in [-0.15, -0.1) is 0 Å². The second kappa shape index (κ2) is 5.92. The molecule has 84 valence electrons. The van der Waals surface area contributed by atoms with Gasteiger partial charge >= 0.3 is 0 Å². The Morgan fingerprint density at radius 1 is 0.882 bits per heavy atom. The van der Waals surface area contributed by atoms with E-state index in [9.17, 15) is 0 Å². The third-order valence-corrected chi connectivity index (χ3v) is 2.34. The lowest BCUT2D eigenvalue weighted by Gasteiger charge is -2.05. The minimum absolute atomic E-state index is 0.893. The van der Waals surface area contributed by atoms with Crippen molar-refractivity contribution in [2.45, 2.75) is 0 Å². The number of benzene rings is 2. The topological polar surface area (TPSA) is 24.4 Å². The number of nitrogens with zero attached hydrogens (tertiary/aromatic N) is 1. The van der Waals surface area contributed by atoms with Crippen LogP contribution in [-0.2, 0) is 0 Å². The van der Waals surface area contributed by atoms with Crippen LogP contribution >= 0.6 is 12.2 Å². The van der Waals surface area contributed by atoms with Gasteiger partial charge in [0.05, 0.1) is 5.69 Å². The molecular formula is C14H12N2S. The maximum Gasteiger partial charge on any atom is 0.0631 e. The molecule has 0 aliphatic rings. The summed E-state index contributed by atoms with van der Waals surface area (Å²) in [5, 5.41) is 4.80. The maximum atomic E-state index is 4.68. The van der Waals surface area contributed by atoms with Crippen LogP contribution in [0.25, 0.3) is 0 Å². The fourth-order valence-electron chi connectivity index (χ4n) is 1.44. The molecule has 0 unspecified atom stereocenters. The average molecular weight is 240 g/mol. The summed E-state index contributed by atoms with van der Waals surface area (Å²) in [7, 11) is 0. The lowest BCUT2D eigenvalue weighted by Crippen LogP contribution is -1.88. The molecule has 0 saturated carbocycles. The molecule has 2 aromatic carbocycles. The molecule has 0 atom stereocenters. The smallest absolute Gasteiger partial charge is 0.0631 e. The molecule has 0 fully saturated rings. The highest BCUT2D eigenvalue weighted by Gasteiger charge is 1.93. The van der Waals surface area contributed by atoms with Crippen molar-refractivity contribution in [2.75, 3.05) is 5.32 Å². The highest BCUT2D eigenvalue weighted by Crippen LogP contribution is 2.19. The Hall–Kier alpha value is -2.00. The quantitative estimate of drug-likeness (QED) is 0.642. The molecule has 0 radical (unpaired) electrons. The van der Waals surface area contributed by atoms with E-state index in [1.54, 1.807) is 6.21 Å². The molecule has 2 rings (SSSR count). The van der Waals surface area contributed by atoms with Crippen LogP contribution in [0.4, 0.5) is 17.1 Å². The Morgan fingerprint density at radius 2 is 1.53 bits per heavy atom. The van der Waals surface area contributed by atoms with E-state index >= 15 is 0 Å². The molecule has 3 heteroatoms. The highest BCUT2D eigenvalue weighted by molar-refractivity contribution is 7.80. The molecule has 0 aliphatic carbocycles. The first kappa shape index (κ1) is 11.5. The minimum atomic E-state index is 0.893. The van der Waals surface area contributed by atoms with E-state index < -0.39 is 0 Å². The van der Waals surface area contributed by atoms with Gasteiger partial charge in [0, 0.05) is 23.0 Å². The second-order valence-corrected chi connectivity index (χ2v) is 3.72. The van der Waals surface area contributed by atoms with Crippen molar-refractivity contribution in [2.24, 2.45) is 4.99 Å². The molecule has 0 saturated heterocycles. The van der Waals surface area contributed by atoms with Crippen molar-refractivity contribution >= 4 is 40.9 Å². The van der Waals surface area contributed by atoms with Crippen LogP contribution in [-0.4, -0.2) is 11.6 Å². The molecule has 1 N–H and O–H groups in total. The van der Waals surface area contributed by atoms with Gasteiger partial charge in [-0.25, -0.2) is 0 Å². The van der Waals surface area contributed by atoms with Crippen LogP contribution in [0.2, 0.25) is 0 Å². The van der Waals surface area contributed by atoms with Crippen molar-refractivity contribution in [1.82, 2.24) is 0 Å². The van der Waals surface area contributed by atoms with E-state index in [1.165, 1.54) is 5.37 Å². The fraction of sp³-hybridized carbons (Fsp3) is 0. The highest BCUT2D eigenvalue weighted by atomic mass is 32.1. The standard InChI is InChI=1S/C14H12N2S/c17-11-10-15-12-6-8-14(9-7-12)16-13-4-2-1-3-5-13/h1-11,16H. The van der Waals surface area contributed by atoms with Crippen LogP contribution in [0.3, 0.4) is 0 Å². The molecule has 2 aromatic rings. The van der Waals surface area contributed by atoms with Crippen molar-refractivity contribution < 1.29 is 0 Å². The van der Waals surface area contributed by atoms with Crippen molar-refractivity contribution in [3.8, 4) is 0 Å². The van der Waals surface area contributed by atoms with Gasteiger partial charge in [0.1, 0.15) is 0 Å². The monoisotopic (exact) mass is 240 g/mol. The van der Waals surface area contributed by atoms with Crippen LogP contribution in [0, 0.1) is 0 Å². The summed E-state index contributed by atoms with van der Waals surface area (Å²) in [6, 6.07) is 17.9. The van der Waals surface area contributed by atoms with Gasteiger partial charge in [0.25, 0.3) is 0 Å². The molecule has 2 nitrogen and oxygen atoms in total. The summed E-state index contributed by atoms with van der Waals surface area (Å²) in [6.07, 6.45) is 1.61. The van der Waals surface area contributed by atoms with Crippen LogP contribution in [0.1, 0.15) is 0 Å². The van der Waals surface area contributed by atoms with Gasteiger partial charge in [-0.2, -0.15) is 0 Å². The number of thiocarbonyl (C=S) groups is 1. The molecule has 0 spiro atoms. The summed E-state index contributed by atoms with van der Waals surface area (Å²) in [6.45, 7) is 0. The zero-order valence-electron chi connectivity index (χ0n) is 9.21. The maximum absolute atomic E-state index is 4.68. The molecule has 0 bridgehead atoms. The van der Waals surface area contributed by atoms with E-state index in [0.29, 0.717) is 0 Å². The number of anilines is 2. The van der Waals surface area contributed by atoms with E-state index in [2.05, 4.69) is 22.5 Å². The average Bonchev–Trinajstić information content (AvgIpc) is 2.39.